The van der Waals surface area contributed by atoms with E-state index in [9.17, 15) is 9.59 Å². The summed E-state index contributed by atoms with van der Waals surface area (Å²) in [6.45, 7) is 2.31. The molecule has 1 aromatic rings. The average molecular weight is 431 g/mol. The summed E-state index contributed by atoms with van der Waals surface area (Å²) in [4.78, 5) is 27.4. The lowest BCUT2D eigenvalue weighted by Crippen LogP contribution is -2.37. The number of nitrogens with zero attached hydrogens (tertiary/aromatic N) is 1. The Morgan fingerprint density at radius 1 is 1.10 bits per heavy atom. The van der Waals surface area contributed by atoms with Crippen molar-refractivity contribution in [1.29, 1.82) is 0 Å². The number of thioether (sulfide) groups is 1. The molecule has 6 heteroatoms. The molecule has 1 N–H and O–H groups in total. The summed E-state index contributed by atoms with van der Waals surface area (Å²) >= 11 is 1.98. The number of rotatable bonds is 6. The molecule has 2 saturated heterocycles. The van der Waals surface area contributed by atoms with E-state index in [2.05, 4.69) is 17.4 Å². The van der Waals surface area contributed by atoms with Crippen LogP contribution in [0.5, 0.6) is 0 Å². The number of amides is 2. The van der Waals surface area contributed by atoms with Gasteiger partial charge in [-0.1, -0.05) is 37.8 Å². The van der Waals surface area contributed by atoms with Crippen molar-refractivity contribution >= 4 is 29.3 Å². The molecule has 2 aliphatic heterocycles. The SMILES string of the molecule is O=C(Nc1cccc(CSC2CCOCC2)c1)C1CC(=O)N(C2CCCCCC2)C1. The lowest BCUT2D eigenvalue weighted by molar-refractivity contribution is -0.130. The monoisotopic (exact) mass is 430 g/mol. The number of likely N-dealkylation sites (tertiary alicyclic amines) is 1. The van der Waals surface area contributed by atoms with Crippen molar-refractivity contribution in [2.45, 2.75) is 74.8 Å². The molecule has 0 radical (unpaired) electrons. The summed E-state index contributed by atoms with van der Waals surface area (Å²) < 4.78 is 5.43. The van der Waals surface area contributed by atoms with E-state index < -0.39 is 0 Å². The minimum atomic E-state index is -0.235. The molecule has 2 amide bonds. The maximum absolute atomic E-state index is 12.9. The van der Waals surface area contributed by atoms with Crippen LogP contribution in [-0.4, -0.2) is 47.8 Å². The van der Waals surface area contributed by atoms with Crippen LogP contribution in [0.25, 0.3) is 0 Å². The Bertz CT molecular complexity index is 727. The average Bonchev–Trinajstić information content (AvgIpc) is 2.97. The van der Waals surface area contributed by atoms with E-state index in [1.54, 1.807) is 0 Å². The van der Waals surface area contributed by atoms with Crippen LogP contribution in [0.3, 0.4) is 0 Å². The fourth-order valence-corrected chi connectivity index (χ4v) is 6.00. The molecule has 1 atom stereocenters. The van der Waals surface area contributed by atoms with Crippen molar-refractivity contribution < 1.29 is 14.3 Å². The highest BCUT2D eigenvalue weighted by molar-refractivity contribution is 7.99. The Kier molecular flexibility index (Phi) is 7.72. The zero-order valence-electron chi connectivity index (χ0n) is 17.8. The van der Waals surface area contributed by atoms with Gasteiger partial charge in [-0.15, -0.1) is 0 Å². The van der Waals surface area contributed by atoms with Crippen molar-refractivity contribution in [2.75, 3.05) is 25.1 Å². The smallest absolute Gasteiger partial charge is 0.229 e. The van der Waals surface area contributed by atoms with Crippen molar-refractivity contribution in [1.82, 2.24) is 4.90 Å². The molecule has 3 aliphatic rings. The fourth-order valence-electron chi connectivity index (χ4n) is 4.87. The Morgan fingerprint density at radius 3 is 2.63 bits per heavy atom. The largest absolute Gasteiger partial charge is 0.381 e. The number of hydrogen-bond donors (Lipinski definition) is 1. The summed E-state index contributed by atoms with van der Waals surface area (Å²) in [5.74, 6) is 0.851. The summed E-state index contributed by atoms with van der Waals surface area (Å²) in [6, 6.07) is 8.48. The molecular formula is C24H34N2O3S. The van der Waals surface area contributed by atoms with Gasteiger partial charge < -0.3 is 15.0 Å². The molecule has 1 aromatic carbocycles. The highest BCUT2D eigenvalue weighted by atomic mass is 32.2. The van der Waals surface area contributed by atoms with Crippen LogP contribution in [-0.2, 0) is 20.1 Å². The highest BCUT2D eigenvalue weighted by Gasteiger charge is 2.37. The molecule has 1 unspecified atom stereocenters. The molecule has 0 aromatic heterocycles. The number of hydrogen-bond acceptors (Lipinski definition) is 4. The summed E-state index contributed by atoms with van der Waals surface area (Å²) in [5, 5.41) is 3.73. The maximum Gasteiger partial charge on any atom is 0.229 e. The van der Waals surface area contributed by atoms with Gasteiger partial charge in [0.1, 0.15) is 0 Å². The Labute approximate surface area is 184 Å². The van der Waals surface area contributed by atoms with Crippen molar-refractivity contribution in [3.63, 3.8) is 0 Å². The van der Waals surface area contributed by atoms with Crippen molar-refractivity contribution in [2.24, 2.45) is 5.92 Å². The summed E-state index contributed by atoms with van der Waals surface area (Å²) in [7, 11) is 0. The predicted octanol–water partition coefficient (Wildman–Crippen LogP) is 4.61. The van der Waals surface area contributed by atoms with Gasteiger partial charge in [0.15, 0.2) is 0 Å². The zero-order chi connectivity index (χ0) is 20.8. The second-order valence-electron chi connectivity index (χ2n) is 8.90. The van der Waals surface area contributed by atoms with Gasteiger partial charge in [-0.25, -0.2) is 0 Å². The molecule has 164 valence electrons. The predicted molar refractivity (Wildman–Crippen MR) is 122 cm³/mol. The van der Waals surface area contributed by atoms with E-state index in [-0.39, 0.29) is 17.7 Å². The minimum Gasteiger partial charge on any atom is -0.381 e. The molecule has 0 spiro atoms. The van der Waals surface area contributed by atoms with Gasteiger partial charge in [-0.3, -0.25) is 9.59 Å². The molecule has 3 fully saturated rings. The number of carbonyl (C=O) groups excluding carboxylic acids is 2. The number of ether oxygens (including phenoxy) is 1. The third-order valence-electron chi connectivity index (χ3n) is 6.64. The summed E-state index contributed by atoms with van der Waals surface area (Å²) in [5.41, 5.74) is 2.07. The molecule has 0 bridgehead atoms. The third-order valence-corrected chi connectivity index (χ3v) is 8.09. The molecule has 4 rings (SSSR count). The van der Waals surface area contributed by atoms with Gasteiger partial charge in [0, 0.05) is 48.9 Å². The Balaban J connectivity index is 1.29. The molecule has 30 heavy (non-hydrogen) atoms. The van der Waals surface area contributed by atoms with Crippen LogP contribution < -0.4 is 5.32 Å². The first-order valence-electron chi connectivity index (χ1n) is 11.6. The number of nitrogens with one attached hydrogen (secondary N) is 1. The fraction of sp³-hybridized carbons (Fsp3) is 0.667. The van der Waals surface area contributed by atoms with Crippen LogP contribution in [0.2, 0.25) is 0 Å². The third kappa shape index (κ3) is 5.79. The van der Waals surface area contributed by atoms with E-state index in [0.717, 1.165) is 50.3 Å². The zero-order valence-corrected chi connectivity index (χ0v) is 18.6. The Hall–Kier alpha value is -1.53. The second-order valence-corrected chi connectivity index (χ2v) is 10.2. The van der Waals surface area contributed by atoms with Gasteiger partial charge >= 0.3 is 0 Å². The molecule has 1 aliphatic carbocycles. The van der Waals surface area contributed by atoms with E-state index >= 15 is 0 Å². The lowest BCUT2D eigenvalue weighted by atomic mass is 10.1. The van der Waals surface area contributed by atoms with Gasteiger partial charge in [0.05, 0.1) is 5.92 Å². The van der Waals surface area contributed by atoms with Crippen molar-refractivity contribution in [3.8, 4) is 0 Å². The van der Waals surface area contributed by atoms with Crippen LogP contribution in [0, 0.1) is 5.92 Å². The molecule has 1 saturated carbocycles. The minimum absolute atomic E-state index is 0.0197. The van der Waals surface area contributed by atoms with Gasteiger partial charge in [-0.05, 0) is 43.4 Å². The number of anilines is 1. The van der Waals surface area contributed by atoms with Crippen LogP contribution >= 0.6 is 11.8 Å². The summed E-state index contributed by atoms with van der Waals surface area (Å²) in [6.07, 6.45) is 9.70. The first-order valence-corrected chi connectivity index (χ1v) is 12.6. The Morgan fingerprint density at radius 2 is 1.87 bits per heavy atom. The molecular weight excluding hydrogens is 396 g/mol. The van der Waals surface area contributed by atoms with Gasteiger partial charge in [-0.2, -0.15) is 11.8 Å². The first-order chi connectivity index (χ1) is 14.7. The molecule has 2 heterocycles. The first kappa shape index (κ1) is 21.7. The number of benzene rings is 1. The van der Waals surface area contributed by atoms with Crippen LogP contribution in [0.15, 0.2) is 24.3 Å². The van der Waals surface area contributed by atoms with E-state index in [4.69, 9.17) is 4.74 Å². The van der Waals surface area contributed by atoms with Crippen molar-refractivity contribution in [3.05, 3.63) is 29.8 Å². The van der Waals surface area contributed by atoms with E-state index in [1.165, 1.54) is 31.2 Å². The number of carbonyl (C=O) groups is 2. The van der Waals surface area contributed by atoms with Crippen LogP contribution in [0.1, 0.15) is 63.4 Å². The quantitative estimate of drug-likeness (QED) is 0.670. The maximum atomic E-state index is 12.9. The van der Waals surface area contributed by atoms with Gasteiger partial charge in [0.2, 0.25) is 11.8 Å². The molecule has 5 nitrogen and oxygen atoms in total. The van der Waals surface area contributed by atoms with Crippen LogP contribution in [0.4, 0.5) is 5.69 Å². The highest BCUT2D eigenvalue weighted by Crippen LogP contribution is 2.29. The normalized spacial score (nSPS) is 24.1. The lowest BCUT2D eigenvalue weighted by Gasteiger charge is -2.27. The van der Waals surface area contributed by atoms with E-state index in [1.807, 2.05) is 28.8 Å². The van der Waals surface area contributed by atoms with Gasteiger partial charge in [0.25, 0.3) is 0 Å². The standard InChI is InChI=1S/C24H34N2O3S/c27-23-15-19(16-26(23)21-8-3-1-2-4-9-21)24(28)25-20-7-5-6-18(14-20)17-30-22-10-12-29-13-11-22/h5-7,14,19,21-22H,1-4,8-13,15-17H2,(H,25,28). The topological polar surface area (TPSA) is 58.6 Å². The second kappa shape index (κ2) is 10.7. The van der Waals surface area contributed by atoms with E-state index in [0.29, 0.717) is 24.3 Å².